The second-order valence-corrected chi connectivity index (χ2v) is 5.51. The summed E-state index contributed by atoms with van der Waals surface area (Å²) in [5.74, 6) is 1.24. The molecule has 7 heteroatoms. The van der Waals surface area contributed by atoms with Crippen LogP contribution in [-0.4, -0.2) is 41.7 Å². The van der Waals surface area contributed by atoms with Gasteiger partial charge in [0.2, 0.25) is 0 Å². The van der Waals surface area contributed by atoms with Crippen LogP contribution in [0.3, 0.4) is 0 Å². The van der Waals surface area contributed by atoms with Gasteiger partial charge < -0.3 is 9.84 Å². The van der Waals surface area contributed by atoms with Crippen LogP contribution in [0.5, 0.6) is 0 Å². The molecule has 3 rings (SSSR count). The van der Waals surface area contributed by atoms with Crippen LogP contribution in [0.15, 0.2) is 28.8 Å². The fourth-order valence-electron chi connectivity index (χ4n) is 2.29. The van der Waals surface area contributed by atoms with Gasteiger partial charge in [-0.3, -0.25) is 4.90 Å². The van der Waals surface area contributed by atoms with Crippen LogP contribution in [0.2, 0.25) is 5.02 Å². The first kappa shape index (κ1) is 17.0. The average Bonchev–Trinajstić information content (AvgIpc) is 2.96. The van der Waals surface area contributed by atoms with Crippen LogP contribution in [0, 0.1) is 0 Å². The van der Waals surface area contributed by atoms with Crippen LogP contribution in [-0.2, 0) is 0 Å². The van der Waals surface area contributed by atoms with E-state index in [2.05, 4.69) is 27.4 Å². The highest BCUT2D eigenvalue weighted by Gasteiger charge is 2.24. The molecule has 0 bridgehead atoms. The SMILES string of the molecule is CN1CCNCC1c1noc(/C=C/c2ccc(Cl)cc2)n1.Cl. The van der Waals surface area contributed by atoms with Gasteiger partial charge in [0.25, 0.3) is 5.89 Å². The first-order chi connectivity index (χ1) is 10.2. The highest BCUT2D eigenvalue weighted by molar-refractivity contribution is 6.30. The number of likely N-dealkylation sites (N-methyl/N-ethyl adjacent to an activating group) is 1. The van der Waals surface area contributed by atoms with Crippen molar-refractivity contribution in [3.8, 4) is 0 Å². The summed E-state index contributed by atoms with van der Waals surface area (Å²) in [6, 6.07) is 7.75. The van der Waals surface area contributed by atoms with Gasteiger partial charge in [-0.25, -0.2) is 0 Å². The van der Waals surface area contributed by atoms with E-state index in [1.807, 2.05) is 36.4 Å². The van der Waals surface area contributed by atoms with Gasteiger partial charge in [0.05, 0.1) is 6.04 Å². The molecule has 1 fully saturated rings. The molecule has 0 amide bonds. The van der Waals surface area contributed by atoms with Crippen molar-refractivity contribution in [3.05, 3.63) is 46.6 Å². The fourth-order valence-corrected chi connectivity index (χ4v) is 2.41. The van der Waals surface area contributed by atoms with Crippen LogP contribution in [0.25, 0.3) is 12.2 Å². The minimum atomic E-state index is 0. The Balaban J connectivity index is 0.00000176. The van der Waals surface area contributed by atoms with Crippen molar-refractivity contribution in [1.82, 2.24) is 20.4 Å². The molecule has 1 aromatic carbocycles. The Kier molecular flexibility index (Phi) is 5.97. The zero-order valence-electron chi connectivity index (χ0n) is 12.2. The fraction of sp³-hybridized carbons (Fsp3) is 0.333. The van der Waals surface area contributed by atoms with E-state index in [1.165, 1.54) is 0 Å². The second-order valence-electron chi connectivity index (χ2n) is 5.08. The normalized spacial score (nSPS) is 19.3. The van der Waals surface area contributed by atoms with E-state index in [0.29, 0.717) is 5.89 Å². The van der Waals surface area contributed by atoms with Crippen molar-refractivity contribution < 1.29 is 4.52 Å². The molecule has 1 aliphatic rings. The molecule has 1 N–H and O–H groups in total. The van der Waals surface area contributed by atoms with Gasteiger partial charge >= 0.3 is 0 Å². The minimum Gasteiger partial charge on any atom is -0.335 e. The molecular formula is C15H18Cl2N4O. The molecule has 22 heavy (non-hydrogen) atoms. The van der Waals surface area contributed by atoms with E-state index in [1.54, 1.807) is 0 Å². The van der Waals surface area contributed by atoms with Crippen LogP contribution < -0.4 is 5.32 Å². The summed E-state index contributed by atoms with van der Waals surface area (Å²) in [4.78, 5) is 6.67. The maximum Gasteiger partial charge on any atom is 0.250 e. The lowest BCUT2D eigenvalue weighted by atomic mass is 10.2. The molecule has 1 atom stereocenters. The van der Waals surface area contributed by atoms with E-state index in [4.69, 9.17) is 16.1 Å². The molecule has 2 heterocycles. The summed E-state index contributed by atoms with van der Waals surface area (Å²) in [5, 5.41) is 8.14. The Bertz CT molecular complexity index is 627. The number of rotatable bonds is 3. The van der Waals surface area contributed by atoms with Gasteiger partial charge in [-0.15, -0.1) is 12.4 Å². The van der Waals surface area contributed by atoms with Crippen molar-refractivity contribution >= 4 is 36.2 Å². The molecule has 0 radical (unpaired) electrons. The number of nitrogens with zero attached hydrogens (tertiary/aromatic N) is 3. The van der Waals surface area contributed by atoms with E-state index < -0.39 is 0 Å². The second kappa shape index (κ2) is 7.74. The molecule has 2 aromatic rings. The number of nitrogens with one attached hydrogen (secondary N) is 1. The van der Waals surface area contributed by atoms with Crippen molar-refractivity contribution in [3.63, 3.8) is 0 Å². The number of hydrogen-bond acceptors (Lipinski definition) is 5. The van der Waals surface area contributed by atoms with Crippen LogP contribution in [0.4, 0.5) is 0 Å². The smallest absolute Gasteiger partial charge is 0.250 e. The molecule has 1 unspecified atom stereocenters. The Hall–Kier alpha value is -1.40. The lowest BCUT2D eigenvalue weighted by molar-refractivity contribution is 0.190. The standard InChI is InChI=1S/C15H17ClN4O.ClH/c1-20-9-8-17-10-13(20)15-18-14(21-19-15)7-4-11-2-5-12(16)6-3-11;/h2-7,13,17H,8-10H2,1H3;1H/b7-4+;. The van der Waals surface area contributed by atoms with Gasteiger partial charge in [-0.2, -0.15) is 4.98 Å². The number of aromatic nitrogens is 2. The lowest BCUT2D eigenvalue weighted by Crippen LogP contribution is -2.44. The Labute approximate surface area is 140 Å². The zero-order valence-corrected chi connectivity index (χ0v) is 13.8. The summed E-state index contributed by atoms with van der Waals surface area (Å²) < 4.78 is 5.28. The Morgan fingerprint density at radius 2 is 2.09 bits per heavy atom. The predicted molar refractivity (Wildman–Crippen MR) is 90.2 cm³/mol. The summed E-state index contributed by atoms with van der Waals surface area (Å²) in [6.07, 6.45) is 3.74. The van der Waals surface area contributed by atoms with Gasteiger partial charge in [0.1, 0.15) is 0 Å². The molecule has 0 spiro atoms. The highest BCUT2D eigenvalue weighted by atomic mass is 35.5. The number of piperazine rings is 1. The van der Waals surface area contributed by atoms with Gasteiger partial charge in [-0.1, -0.05) is 28.9 Å². The maximum atomic E-state index is 5.86. The number of benzene rings is 1. The quantitative estimate of drug-likeness (QED) is 0.930. The maximum absolute atomic E-state index is 5.86. The highest BCUT2D eigenvalue weighted by Crippen LogP contribution is 2.18. The lowest BCUT2D eigenvalue weighted by Gasteiger charge is -2.30. The van der Waals surface area contributed by atoms with Crippen molar-refractivity contribution in [2.24, 2.45) is 0 Å². The minimum absolute atomic E-state index is 0. The van der Waals surface area contributed by atoms with Crippen molar-refractivity contribution in [1.29, 1.82) is 0 Å². The van der Waals surface area contributed by atoms with E-state index in [9.17, 15) is 0 Å². The third kappa shape index (κ3) is 4.08. The molecule has 1 aromatic heterocycles. The summed E-state index contributed by atoms with van der Waals surface area (Å²) in [7, 11) is 2.07. The monoisotopic (exact) mass is 340 g/mol. The molecule has 1 saturated heterocycles. The first-order valence-corrected chi connectivity index (χ1v) is 7.28. The Morgan fingerprint density at radius 3 is 2.82 bits per heavy atom. The number of halogens is 2. The van der Waals surface area contributed by atoms with E-state index in [-0.39, 0.29) is 18.4 Å². The van der Waals surface area contributed by atoms with Gasteiger partial charge in [0.15, 0.2) is 5.82 Å². The molecule has 0 aliphatic carbocycles. The zero-order chi connectivity index (χ0) is 14.7. The molecular weight excluding hydrogens is 323 g/mol. The Morgan fingerprint density at radius 1 is 1.32 bits per heavy atom. The van der Waals surface area contributed by atoms with Crippen LogP contribution >= 0.6 is 24.0 Å². The molecule has 5 nitrogen and oxygen atoms in total. The van der Waals surface area contributed by atoms with E-state index in [0.717, 1.165) is 36.0 Å². The van der Waals surface area contributed by atoms with Gasteiger partial charge in [0, 0.05) is 30.7 Å². The molecule has 1 aliphatic heterocycles. The molecule has 0 saturated carbocycles. The largest absolute Gasteiger partial charge is 0.335 e. The summed E-state index contributed by atoms with van der Waals surface area (Å²) in [6.45, 7) is 2.82. The van der Waals surface area contributed by atoms with Crippen molar-refractivity contribution in [2.45, 2.75) is 6.04 Å². The van der Waals surface area contributed by atoms with E-state index >= 15 is 0 Å². The van der Waals surface area contributed by atoms with Gasteiger partial charge in [-0.05, 0) is 30.8 Å². The average molecular weight is 341 g/mol. The van der Waals surface area contributed by atoms with Crippen molar-refractivity contribution in [2.75, 3.05) is 26.7 Å². The predicted octanol–water partition coefficient (Wildman–Crippen LogP) is 2.89. The third-order valence-corrected chi connectivity index (χ3v) is 3.81. The summed E-state index contributed by atoms with van der Waals surface area (Å²) >= 11 is 5.86. The first-order valence-electron chi connectivity index (χ1n) is 6.90. The van der Waals surface area contributed by atoms with Crippen LogP contribution in [0.1, 0.15) is 23.3 Å². The third-order valence-electron chi connectivity index (χ3n) is 3.55. The number of hydrogen-bond donors (Lipinski definition) is 1. The molecule has 118 valence electrons. The topological polar surface area (TPSA) is 54.2 Å². The summed E-state index contributed by atoms with van der Waals surface area (Å²) in [5.41, 5.74) is 1.04.